The topological polar surface area (TPSA) is 114 Å². The first-order valence-electron chi connectivity index (χ1n) is 9.35. The number of amides is 1. The number of Topliss-reactive ketones (excluding diaryl/α,β-unsaturated/α-hetero) is 1. The minimum atomic E-state index is -0.729. The average Bonchev–Trinajstić information content (AvgIpc) is 3.15. The van der Waals surface area contributed by atoms with Crippen molar-refractivity contribution in [3.8, 4) is 6.07 Å². The molecule has 0 fully saturated rings. The molecular formula is C21H22N4O4. The van der Waals surface area contributed by atoms with Crippen LogP contribution in [0.3, 0.4) is 0 Å². The Bertz CT molecular complexity index is 1140. The van der Waals surface area contributed by atoms with Gasteiger partial charge in [-0.15, -0.1) is 0 Å². The minimum absolute atomic E-state index is 0.0739. The smallest absolute Gasteiger partial charge is 0.326 e. The van der Waals surface area contributed by atoms with Gasteiger partial charge >= 0.3 is 5.69 Å². The Labute approximate surface area is 167 Å². The molecule has 2 heterocycles. The largest absolute Gasteiger partial charge is 0.331 e. The Morgan fingerprint density at radius 1 is 1.17 bits per heavy atom. The summed E-state index contributed by atoms with van der Waals surface area (Å²) in [5, 5.41) is 12.1. The van der Waals surface area contributed by atoms with E-state index in [0.717, 1.165) is 4.57 Å². The summed E-state index contributed by atoms with van der Waals surface area (Å²) in [4.78, 5) is 49.8. The van der Waals surface area contributed by atoms with Crippen molar-refractivity contribution in [2.24, 2.45) is 5.41 Å². The fourth-order valence-corrected chi connectivity index (χ4v) is 3.18. The molecule has 0 saturated carbocycles. The van der Waals surface area contributed by atoms with Crippen molar-refractivity contribution in [2.75, 3.05) is 5.32 Å². The van der Waals surface area contributed by atoms with Crippen LogP contribution in [0, 0.1) is 16.7 Å². The molecule has 1 aromatic heterocycles. The van der Waals surface area contributed by atoms with Crippen LogP contribution in [0.2, 0.25) is 0 Å². The summed E-state index contributed by atoms with van der Waals surface area (Å²) in [6, 6.07) is 8.11. The number of carbonyl (C=O) groups excluding carboxylic acids is 2. The van der Waals surface area contributed by atoms with Gasteiger partial charge in [-0.3, -0.25) is 23.5 Å². The summed E-state index contributed by atoms with van der Waals surface area (Å²) in [6.07, 6.45) is 1.19. The Hall–Kier alpha value is -3.47. The molecule has 8 heteroatoms. The van der Waals surface area contributed by atoms with E-state index in [1.165, 1.54) is 16.7 Å². The Kier molecular flexibility index (Phi) is 5.25. The summed E-state index contributed by atoms with van der Waals surface area (Å²) >= 11 is 0. The first-order chi connectivity index (χ1) is 13.6. The molecule has 0 unspecified atom stereocenters. The quantitative estimate of drug-likeness (QED) is 0.793. The van der Waals surface area contributed by atoms with Gasteiger partial charge in [-0.1, -0.05) is 20.8 Å². The third kappa shape index (κ3) is 3.90. The molecule has 8 nitrogen and oxygen atoms in total. The Balaban J connectivity index is 1.85. The molecule has 0 bridgehead atoms. The fourth-order valence-electron chi connectivity index (χ4n) is 3.18. The molecule has 1 aliphatic rings. The minimum Gasteiger partial charge on any atom is -0.326 e. The molecule has 1 aromatic carbocycles. The lowest BCUT2D eigenvalue weighted by atomic mass is 9.95. The highest BCUT2D eigenvalue weighted by molar-refractivity contribution is 5.98. The second-order valence-electron chi connectivity index (χ2n) is 8.07. The molecule has 29 heavy (non-hydrogen) atoms. The molecule has 3 rings (SSSR count). The van der Waals surface area contributed by atoms with Crippen LogP contribution in [-0.4, -0.2) is 20.8 Å². The lowest BCUT2D eigenvalue weighted by molar-refractivity contribution is -0.123. The number of fused-ring (bicyclic) bond motifs is 1. The number of anilines is 1. The van der Waals surface area contributed by atoms with Gasteiger partial charge in [-0.2, -0.15) is 5.26 Å². The number of hydrogen-bond acceptors (Lipinski definition) is 5. The highest BCUT2D eigenvalue weighted by atomic mass is 16.2. The fraction of sp³-hybridized carbons (Fsp3) is 0.381. The normalized spacial score (nSPS) is 12.9. The van der Waals surface area contributed by atoms with Crippen molar-refractivity contribution in [3.63, 3.8) is 0 Å². The van der Waals surface area contributed by atoms with Crippen LogP contribution < -0.4 is 16.6 Å². The molecule has 1 amide bonds. The maximum Gasteiger partial charge on any atom is 0.331 e. The molecule has 150 valence electrons. The van der Waals surface area contributed by atoms with Gasteiger partial charge in [0.25, 0.3) is 5.56 Å². The second kappa shape index (κ2) is 7.51. The van der Waals surface area contributed by atoms with Crippen LogP contribution in [-0.2, 0) is 24.3 Å². The predicted octanol–water partition coefficient (Wildman–Crippen LogP) is 1.70. The maximum atomic E-state index is 12.6. The average molecular weight is 394 g/mol. The van der Waals surface area contributed by atoms with Crippen molar-refractivity contribution in [1.82, 2.24) is 9.13 Å². The number of rotatable bonds is 4. The van der Waals surface area contributed by atoms with Crippen LogP contribution >= 0.6 is 0 Å². The summed E-state index contributed by atoms with van der Waals surface area (Å²) in [7, 11) is 0. The van der Waals surface area contributed by atoms with E-state index in [1.807, 2.05) is 6.07 Å². The lowest BCUT2D eigenvalue weighted by Crippen LogP contribution is -2.43. The molecule has 0 aliphatic carbocycles. The number of aromatic nitrogens is 2. The van der Waals surface area contributed by atoms with E-state index in [9.17, 15) is 24.4 Å². The second-order valence-corrected chi connectivity index (χ2v) is 8.07. The van der Waals surface area contributed by atoms with E-state index in [0.29, 0.717) is 36.3 Å². The highest BCUT2D eigenvalue weighted by Gasteiger charge is 2.24. The van der Waals surface area contributed by atoms with E-state index in [-0.39, 0.29) is 11.5 Å². The zero-order chi connectivity index (χ0) is 21.3. The number of carbonyl (C=O) groups is 2. The third-order valence-electron chi connectivity index (χ3n) is 4.89. The molecular weight excluding hydrogens is 372 g/mol. The number of nitrogens with zero attached hydrogens (tertiary/aromatic N) is 3. The van der Waals surface area contributed by atoms with Crippen molar-refractivity contribution >= 4 is 17.4 Å². The van der Waals surface area contributed by atoms with E-state index in [1.54, 1.807) is 32.9 Å². The van der Waals surface area contributed by atoms with Crippen molar-refractivity contribution in [1.29, 1.82) is 5.26 Å². The van der Waals surface area contributed by atoms with E-state index >= 15 is 0 Å². The molecule has 2 aromatic rings. The van der Waals surface area contributed by atoms with E-state index in [2.05, 4.69) is 5.32 Å². The van der Waals surface area contributed by atoms with Crippen molar-refractivity contribution in [3.05, 3.63) is 61.9 Å². The van der Waals surface area contributed by atoms with Gasteiger partial charge in [0.2, 0.25) is 5.91 Å². The number of hydrogen-bond donors (Lipinski definition) is 1. The number of nitrogens with one attached hydrogen (secondary N) is 1. The first kappa shape index (κ1) is 20.3. The standard InChI is InChI=1S/C21H22N4O4/c1-21(2,3)19(28)23-14-8-6-13(7-9-14)17(26)12-25-18(27)15(11-22)16-5-4-10-24(16)20(25)29/h6-9H,4-5,10,12H2,1-3H3,(H,23,28). The molecule has 1 aliphatic heterocycles. The first-order valence-corrected chi connectivity index (χ1v) is 9.35. The SMILES string of the molecule is CC(C)(C)C(=O)Nc1ccc(C(=O)Cn2c(=O)c(C#N)c3n(c2=O)CCC3)cc1. The summed E-state index contributed by atoms with van der Waals surface area (Å²) in [6.45, 7) is 5.37. The van der Waals surface area contributed by atoms with Gasteiger partial charge in [-0.05, 0) is 37.1 Å². The van der Waals surface area contributed by atoms with E-state index < -0.39 is 29.0 Å². The van der Waals surface area contributed by atoms with Gasteiger partial charge in [0.1, 0.15) is 11.6 Å². The van der Waals surface area contributed by atoms with Crippen molar-refractivity contribution < 1.29 is 9.59 Å². The summed E-state index contributed by atoms with van der Waals surface area (Å²) < 4.78 is 2.23. The third-order valence-corrected chi connectivity index (χ3v) is 4.89. The molecule has 0 saturated heterocycles. The van der Waals surface area contributed by atoms with Gasteiger partial charge in [0.05, 0.1) is 6.54 Å². The molecule has 0 spiro atoms. The van der Waals surface area contributed by atoms with Crippen LogP contribution in [0.1, 0.15) is 48.8 Å². The lowest BCUT2D eigenvalue weighted by Gasteiger charge is -2.17. The predicted molar refractivity (Wildman–Crippen MR) is 107 cm³/mol. The zero-order valence-corrected chi connectivity index (χ0v) is 16.6. The maximum absolute atomic E-state index is 12.6. The van der Waals surface area contributed by atoms with Gasteiger partial charge in [0.15, 0.2) is 5.78 Å². The number of ketones is 1. The van der Waals surface area contributed by atoms with Crippen molar-refractivity contribution in [2.45, 2.75) is 46.7 Å². The summed E-state index contributed by atoms with van der Waals surface area (Å²) in [5.41, 5.74) is -0.626. The number of benzene rings is 1. The van der Waals surface area contributed by atoms with Crippen LogP contribution in [0.25, 0.3) is 0 Å². The van der Waals surface area contributed by atoms with Gasteiger partial charge < -0.3 is 5.32 Å². The monoisotopic (exact) mass is 394 g/mol. The molecule has 1 N–H and O–H groups in total. The molecule has 0 atom stereocenters. The van der Waals surface area contributed by atoms with E-state index in [4.69, 9.17) is 0 Å². The van der Waals surface area contributed by atoms with Crippen LogP contribution in [0.15, 0.2) is 33.9 Å². The molecule has 0 radical (unpaired) electrons. The Morgan fingerprint density at radius 3 is 2.41 bits per heavy atom. The Morgan fingerprint density at radius 2 is 1.83 bits per heavy atom. The van der Waals surface area contributed by atoms with Gasteiger partial charge in [0, 0.05) is 28.9 Å². The zero-order valence-electron chi connectivity index (χ0n) is 16.6. The number of nitriles is 1. The summed E-state index contributed by atoms with van der Waals surface area (Å²) in [5.74, 6) is -0.585. The van der Waals surface area contributed by atoms with Crippen LogP contribution in [0.5, 0.6) is 0 Å². The highest BCUT2D eigenvalue weighted by Crippen LogP contribution is 2.18. The van der Waals surface area contributed by atoms with Crippen LogP contribution in [0.4, 0.5) is 5.69 Å². The van der Waals surface area contributed by atoms with Gasteiger partial charge in [-0.25, -0.2) is 4.79 Å².